The fraction of sp³-hybridized carbons (Fsp3) is 0.550. The number of amides is 1. The molecule has 0 unspecified atom stereocenters. The van der Waals surface area contributed by atoms with Crippen LogP contribution in [0, 0.1) is 6.92 Å². The molecule has 1 aliphatic heterocycles. The third-order valence-corrected chi connectivity index (χ3v) is 5.04. The fourth-order valence-corrected chi connectivity index (χ4v) is 3.50. The summed E-state index contributed by atoms with van der Waals surface area (Å²) in [6.45, 7) is 4.99. The van der Waals surface area contributed by atoms with Gasteiger partial charge in [0.15, 0.2) is 0 Å². The van der Waals surface area contributed by atoms with Crippen molar-refractivity contribution in [1.82, 2.24) is 19.4 Å². The molecule has 0 N–H and O–H groups in total. The molecule has 1 amide bonds. The summed E-state index contributed by atoms with van der Waals surface area (Å²) < 4.78 is 12.6. The largest absolute Gasteiger partial charge is 0.382 e. The Morgan fingerprint density at radius 1 is 1.30 bits per heavy atom. The first-order valence-corrected chi connectivity index (χ1v) is 9.40. The zero-order valence-corrected chi connectivity index (χ0v) is 16.4. The molecule has 7 heteroatoms. The summed E-state index contributed by atoms with van der Waals surface area (Å²) in [7, 11) is 3.56. The number of likely N-dealkylation sites (tertiary alicyclic amines) is 1. The van der Waals surface area contributed by atoms with Gasteiger partial charge in [-0.15, -0.1) is 0 Å². The van der Waals surface area contributed by atoms with E-state index in [1.807, 2.05) is 48.0 Å². The average molecular weight is 372 g/mol. The average Bonchev–Trinajstić information content (AvgIpc) is 3.11. The number of carbonyl (C=O) groups is 1. The maximum absolute atomic E-state index is 12.7. The Kier molecular flexibility index (Phi) is 6.58. The molecule has 1 fully saturated rings. The second-order valence-corrected chi connectivity index (χ2v) is 6.94. The minimum absolute atomic E-state index is 0.0999. The first-order valence-electron chi connectivity index (χ1n) is 9.40. The van der Waals surface area contributed by atoms with E-state index in [1.165, 1.54) is 0 Å². The van der Waals surface area contributed by atoms with Gasteiger partial charge in [-0.05, 0) is 31.9 Å². The van der Waals surface area contributed by atoms with Gasteiger partial charge in [0.2, 0.25) is 0 Å². The minimum atomic E-state index is 0.0999. The summed E-state index contributed by atoms with van der Waals surface area (Å²) >= 11 is 0. The lowest BCUT2D eigenvalue weighted by atomic mass is 9.90. The van der Waals surface area contributed by atoms with Gasteiger partial charge >= 0.3 is 0 Å². The molecule has 2 aromatic heterocycles. The molecule has 0 aromatic carbocycles. The second-order valence-electron chi connectivity index (χ2n) is 6.94. The van der Waals surface area contributed by atoms with E-state index in [4.69, 9.17) is 14.5 Å². The lowest BCUT2D eigenvalue weighted by Gasteiger charge is -2.32. The van der Waals surface area contributed by atoms with Crippen molar-refractivity contribution in [3.8, 4) is 0 Å². The van der Waals surface area contributed by atoms with Crippen LogP contribution >= 0.6 is 0 Å². The van der Waals surface area contributed by atoms with E-state index in [2.05, 4.69) is 4.98 Å². The molecule has 0 bridgehead atoms. The number of rotatable bonds is 7. The molecule has 3 heterocycles. The Bertz CT molecular complexity index is 766. The maximum Gasteiger partial charge on any atom is 0.270 e. The van der Waals surface area contributed by atoms with Gasteiger partial charge in [0.1, 0.15) is 11.5 Å². The van der Waals surface area contributed by atoms with E-state index in [9.17, 15) is 4.79 Å². The molecule has 1 saturated heterocycles. The summed E-state index contributed by atoms with van der Waals surface area (Å²) in [5.41, 5.74) is 2.83. The van der Waals surface area contributed by atoms with Crippen molar-refractivity contribution >= 4 is 5.91 Å². The number of piperidine rings is 1. The van der Waals surface area contributed by atoms with Crippen LogP contribution in [0.3, 0.4) is 0 Å². The zero-order chi connectivity index (χ0) is 19.2. The lowest BCUT2D eigenvalue weighted by molar-refractivity contribution is 0.0604. The van der Waals surface area contributed by atoms with Crippen molar-refractivity contribution in [1.29, 1.82) is 0 Å². The van der Waals surface area contributed by atoms with Crippen molar-refractivity contribution in [2.45, 2.75) is 32.3 Å². The predicted molar refractivity (Wildman–Crippen MR) is 102 cm³/mol. The molecule has 0 spiro atoms. The number of hydrogen-bond donors (Lipinski definition) is 0. The SMILES string of the molecule is COCCOCc1cnc(C)nc1C1CCN(C(=O)c2cccn2C)CC1. The van der Waals surface area contributed by atoms with Gasteiger partial charge < -0.3 is 18.9 Å². The van der Waals surface area contributed by atoms with Crippen LogP contribution in [0.1, 0.15) is 46.3 Å². The van der Waals surface area contributed by atoms with Gasteiger partial charge in [0, 0.05) is 51.1 Å². The highest BCUT2D eigenvalue weighted by atomic mass is 16.5. The normalized spacial score (nSPS) is 15.3. The van der Waals surface area contributed by atoms with Gasteiger partial charge in [-0.25, -0.2) is 9.97 Å². The topological polar surface area (TPSA) is 69.5 Å². The van der Waals surface area contributed by atoms with E-state index in [-0.39, 0.29) is 5.91 Å². The van der Waals surface area contributed by atoms with Crippen LogP contribution in [-0.4, -0.2) is 58.8 Å². The first kappa shape index (κ1) is 19.5. The van der Waals surface area contributed by atoms with Crippen LogP contribution in [0.4, 0.5) is 0 Å². The molecule has 2 aromatic rings. The summed E-state index contributed by atoms with van der Waals surface area (Å²) in [5, 5.41) is 0. The van der Waals surface area contributed by atoms with Crippen molar-refractivity contribution in [2.75, 3.05) is 33.4 Å². The van der Waals surface area contributed by atoms with Crippen LogP contribution in [0.25, 0.3) is 0 Å². The monoisotopic (exact) mass is 372 g/mol. The van der Waals surface area contributed by atoms with Crippen molar-refractivity contribution < 1.29 is 14.3 Å². The third kappa shape index (κ3) is 4.73. The van der Waals surface area contributed by atoms with Gasteiger partial charge in [-0.2, -0.15) is 0 Å². The van der Waals surface area contributed by atoms with Crippen LogP contribution < -0.4 is 0 Å². The first-order chi connectivity index (χ1) is 13.1. The van der Waals surface area contributed by atoms with Crippen molar-refractivity contribution in [3.05, 3.63) is 47.3 Å². The Balaban J connectivity index is 1.64. The number of nitrogens with zero attached hydrogens (tertiary/aromatic N) is 4. The molecular weight excluding hydrogens is 344 g/mol. The molecule has 0 aliphatic carbocycles. The lowest BCUT2D eigenvalue weighted by Crippen LogP contribution is -2.39. The van der Waals surface area contributed by atoms with Crippen molar-refractivity contribution in [3.63, 3.8) is 0 Å². The predicted octanol–water partition coefficient (Wildman–Crippen LogP) is 2.31. The number of carbonyl (C=O) groups excluding carboxylic acids is 1. The molecule has 1 aliphatic rings. The summed E-state index contributed by atoms with van der Waals surface area (Å²) in [6.07, 6.45) is 5.57. The molecule has 7 nitrogen and oxygen atoms in total. The van der Waals surface area contributed by atoms with E-state index in [1.54, 1.807) is 7.11 Å². The number of aromatic nitrogens is 3. The summed E-state index contributed by atoms with van der Waals surface area (Å²) in [6, 6.07) is 3.77. The molecule has 3 rings (SSSR count). The molecule has 0 saturated carbocycles. The smallest absolute Gasteiger partial charge is 0.270 e. The van der Waals surface area contributed by atoms with Crippen LogP contribution in [0.5, 0.6) is 0 Å². The van der Waals surface area contributed by atoms with Gasteiger partial charge in [0.25, 0.3) is 5.91 Å². The summed E-state index contributed by atoms with van der Waals surface area (Å²) in [5.74, 6) is 1.20. The quantitative estimate of drug-likeness (QED) is 0.698. The Morgan fingerprint density at radius 2 is 2.07 bits per heavy atom. The van der Waals surface area contributed by atoms with Crippen LogP contribution in [0.2, 0.25) is 0 Å². The maximum atomic E-state index is 12.7. The standard InChI is InChI=1S/C20H28N4O3/c1-15-21-13-17(14-27-12-11-26-3)19(22-15)16-6-9-24(10-7-16)20(25)18-5-4-8-23(18)2/h4-5,8,13,16H,6-7,9-12,14H2,1-3H3. The van der Waals surface area contributed by atoms with Crippen LogP contribution in [0.15, 0.2) is 24.5 Å². The molecular formula is C20H28N4O3. The van der Waals surface area contributed by atoms with Gasteiger partial charge in [0.05, 0.1) is 25.5 Å². The van der Waals surface area contributed by atoms with E-state index in [0.717, 1.165) is 48.7 Å². The second kappa shape index (κ2) is 9.10. The fourth-order valence-electron chi connectivity index (χ4n) is 3.50. The highest BCUT2D eigenvalue weighted by molar-refractivity contribution is 5.92. The van der Waals surface area contributed by atoms with E-state index >= 15 is 0 Å². The molecule has 0 radical (unpaired) electrons. The Hall–Kier alpha value is -2.25. The molecule has 0 atom stereocenters. The number of hydrogen-bond acceptors (Lipinski definition) is 5. The number of aryl methyl sites for hydroxylation is 2. The van der Waals surface area contributed by atoms with Crippen LogP contribution in [-0.2, 0) is 23.1 Å². The number of methoxy groups -OCH3 is 1. The van der Waals surface area contributed by atoms with Crippen molar-refractivity contribution in [2.24, 2.45) is 7.05 Å². The summed E-state index contributed by atoms with van der Waals surface area (Å²) in [4.78, 5) is 23.7. The minimum Gasteiger partial charge on any atom is -0.382 e. The van der Waals surface area contributed by atoms with Gasteiger partial charge in [-0.1, -0.05) is 0 Å². The van der Waals surface area contributed by atoms with E-state index < -0.39 is 0 Å². The highest BCUT2D eigenvalue weighted by Gasteiger charge is 2.27. The molecule has 27 heavy (non-hydrogen) atoms. The Morgan fingerprint density at radius 3 is 2.74 bits per heavy atom. The zero-order valence-electron chi connectivity index (χ0n) is 16.4. The highest BCUT2D eigenvalue weighted by Crippen LogP contribution is 2.30. The Labute approximate surface area is 160 Å². The third-order valence-electron chi connectivity index (χ3n) is 5.04. The van der Waals surface area contributed by atoms with E-state index in [0.29, 0.717) is 25.7 Å². The molecule has 146 valence electrons. The van der Waals surface area contributed by atoms with Gasteiger partial charge in [-0.3, -0.25) is 4.79 Å². The number of ether oxygens (including phenoxy) is 2.